The molecule has 1 unspecified atom stereocenters. The minimum Gasteiger partial charge on any atom is -0.444 e. The number of oxazole rings is 1. The van der Waals surface area contributed by atoms with Crippen molar-refractivity contribution >= 4 is 5.96 Å². The van der Waals surface area contributed by atoms with Crippen molar-refractivity contribution in [3.8, 4) is 0 Å². The number of nitrogens with zero attached hydrogens (tertiary/aromatic N) is 3. The number of hydrogen-bond donors (Lipinski definition) is 2. The lowest BCUT2D eigenvalue weighted by Crippen LogP contribution is -2.40. The lowest BCUT2D eigenvalue weighted by molar-refractivity contribution is 0.324. The van der Waals surface area contributed by atoms with Gasteiger partial charge in [-0.25, -0.2) is 9.98 Å². The highest BCUT2D eigenvalue weighted by Crippen LogP contribution is 2.15. The first-order valence-electron chi connectivity index (χ1n) is 8.79. The SMILES string of the molecule is CCCN1CCC(CNC(=NCc2nc(C)c(C)o2)NCC)C1. The quantitative estimate of drug-likeness (QED) is 0.594. The van der Waals surface area contributed by atoms with Crippen LogP contribution >= 0.6 is 0 Å². The van der Waals surface area contributed by atoms with Gasteiger partial charge in [0.15, 0.2) is 5.96 Å². The van der Waals surface area contributed by atoms with Crippen LogP contribution in [0.15, 0.2) is 9.41 Å². The van der Waals surface area contributed by atoms with Crippen LogP contribution in [-0.2, 0) is 6.54 Å². The van der Waals surface area contributed by atoms with Crippen molar-refractivity contribution < 1.29 is 4.42 Å². The van der Waals surface area contributed by atoms with Crippen molar-refractivity contribution in [2.24, 2.45) is 10.9 Å². The summed E-state index contributed by atoms with van der Waals surface area (Å²) in [5, 5.41) is 6.75. The van der Waals surface area contributed by atoms with Gasteiger partial charge in [0, 0.05) is 19.6 Å². The molecule has 1 aliphatic heterocycles. The predicted molar refractivity (Wildman–Crippen MR) is 93.6 cm³/mol. The van der Waals surface area contributed by atoms with Crippen LogP contribution in [0, 0.1) is 19.8 Å². The van der Waals surface area contributed by atoms with Gasteiger partial charge in [-0.1, -0.05) is 6.92 Å². The van der Waals surface area contributed by atoms with Crippen molar-refractivity contribution in [2.45, 2.75) is 47.1 Å². The first-order chi connectivity index (χ1) is 11.1. The van der Waals surface area contributed by atoms with Crippen LogP contribution in [0.3, 0.4) is 0 Å². The molecule has 1 saturated heterocycles. The second kappa shape index (κ2) is 8.91. The minimum atomic E-state index is 0.469. The van der Waals surface area contributed by atoms with Gasteiger partial charge in [0.25, 0.3) is 0 Å². The minimum absolute atomic E-state index is 0.469. The summed E-state index contributed by atoms with van der Waals surface area (Å²) < 4.78 is 5.58. The Kier molecular flexibility index (Phi) is 6.89. The zero-order valence-electron chi connectivity index (χ0n) is 15.0. The molecule has 1 aromatic rings. The van der Waals surface area contributed by atoms with E-state index in [1.54, 1.807) is 0 Å². The van der Waals surface area contributed by atoms with E-state index in [1.165, 1.54) is 32.5 Å². The highest BCUT2D eigenvalue weighted by atomic mass is 16.4. The van der Waals surface area contributed by atoms with E-state index in [4.69, 9.17) is 4.42 Å². The molecule has 2 heterocycles. The van der Waals surface area contributed by atoms with Gasteiger partial charge < -0.3 is 20.0 Å². The van der Waals surface area contributed by atoms with Crippen LogP contribution in [0.1, 0.15) is 44.0 Å². The second-order valence-electron chi connectivity index (χ2n) is 6.28. The van der Waals surface area contributed by atoms with Gasteiger partial charge in [-0.05, 0) is 52.6 Å². The molecule has 1 aromatic heterocycles. The Morgan fingerprint density at radius 2 is 2.17 bits per heavy atom. The summed E-state index contributed by atoms with van der Waals surface area (Å²) >= 11 is 0. The van der Waals surface area contributed by atoms with E-state index in [2.05, 4.69) is 39.4 Å². The highest BCUT2D eigenvalue weighted by Gasteiger charge is 2.21. The third-order valence-corrected chi connectivity index (χ3v) is 4.26. The van der Waals surface area contributed by atoms with Gasteiger partial charge in [-0.3, -0.25) is 0 Å². The first-order valence-corrected chi connectivity index (χ1v) is 8.79. The van der Waals surface area contributed by atoms with E-state index in [0.717, 1.165) is 30.5 Å². The summed E-state index contributed by atoms with van der Waals surface area (Å²) in [6.45, 7) is 14.1. The standard InChI is InChI=1S/C17H31N5O/c1-5-8-22-9-7-15(12-22)10-19-17(18-6-2)20-11-16-21-13(3)14(4)23-16/h15H,5-12H2,1-4H3,(H2,18,19,20). The van der Waals surface area contributed by atoms with Gasteiger partial charge >= 0.3 is 0 Å². The van der Waals surface area contributed by atoms with E-state index in [1.807, 2.05) is 13.8 Å². The molecule has 0 radical (unpaired) electrons. The molecule has 6 heteroatoms. The van der Waals surface area contributed by atoms with Crippen molar-refractivity contribution in [1.29, 1.82) is 0 Å². The largest absolute Gasteiger partial charge is 0.444 e. The molecule has 130 valence electrons. The summed E-state index contributed by atoms with van der Waals surface area (Å²) in [7, 11) is 0. The highest BCUT2D eigenvalue weighted by molar-refractivity contribution is 5.79. The van der Waals surface area contributed by atoms with Gasteiger partial charge in [0.1, 0.15) is 12.3 Å². The maximum absolute atomic E-state index is 5.58. The summed E-state index contributed by atoms with van der Waals surface area (Å²) in [6.07, 6.45) is 2.50. The third-order valence-electron chi connectivity index (χ3n) is 4.26. The van der Waals surface area contributed by atoms with Crippen LogP contribution in [-0.4, -0.2) is 48.6 Å². The fraction of sp³-hybridized carbons (Fsp3) is 0.765. The Labute approximate surface area is 139 Å². The molecule has 0 bridgehead atoms. The number of guanidine groups is 1. The maximum Gasteiger partial charge on any atom is 0.216 e. The average molecular weight is 321 g/mol. The summed E-state index contributed by atoms with van der Waals surface area (Å²) in [5.74, 6) is 3.09. The number of nitrogens with one attached hydrogen (secondary N) is 2. The Bertz CT molecular complexity index is 492. The summed E-state index contributed by atoms with van der Waals surface area (Å²) in [5.41, 5.74) is 0.940. The Morgan fingerprint density at radius 3 is 2.83 bits per heavy atom. The first kappa shape index (κ1) is 17.8. The Balaban J connectivity index is 1.82. The van der Waals surface area contributed by atoms with Crippen LogP contribution in [0.2, 0.25) is 0 Å². The summed E-state index contributed by atoms with van der Waals surface area (Å²) in [6, 6.07) is 0. The Morgan fingerprint density at radius 1 is 1.35 bits per heavy atom. The molecular weight excluding hydrogens is 290 g/mol. The monoisotopic (exact) mass is 321 g/mol. The van der Waals surface area contributed by atoms with E-state index in [9.17, 15) is 0 Å². The molecule has 0 saturated carbocycles. The zero-order valence-corrected chi connectivity index (χ0v) is 15.0. The molecule has 1 aliphatic rings. The molecule has 0 aromatic carbocycles. The maximum atomic E-state index is 5.58. The van der Waals surface area contributed by atoms with E-state index in [0.29, 0.717) is 18.4 Å². The van der Waals surface area contributed by atoms with Crippen LogP contribution in [0.4, 0.5) is 0 Å². The lowest BCUT2D eigenvalue weighted by Gasteiger charge is -2.16. The van der Waals surface area contributed by atoms with E-state index in [-0.39, 0.29) is 0 Å². The number of aromatic nitrogens is 1. The molecule has 2 N–H and O–H groups in total. The van der Waals surface area contributed by atoms with E-state index < -0.39 is 0 Å². The molecule has 23 heavy (non-hydrogen) atoms. The Hall–Kier alpha value is -1.56. The number of likely N-dealkylation sites (tertiary alicyclic amines) is 1. The predicted octanol–water partition coefficient (Wildman–Crippen LogP) is 2.08. The van der Waals surface area contributed by atoms with Crippen molar-refractivity contribution in [1.82, 2.24) is 20.5 Å². The number of aliphatic imine (C=N–C) groups is 1. The molecule has 0 aliphatic carbocycles. The van der Waals surface area contributed by atoms with Gasteiger partial charge in [-0.2, -0.15) is 0 Å². The van der Waals surface area contributed by atoms with Gasteiger partial charge in [-0.15, -0.1) is 0 Å². The van der Waals surface area contributed by atoms with Crippen LogP contribution in [0.5, 0.6) is 0 Å². The van der Waals surface area contributed by atoms with Crippen LogP contribution in [0.25, 0.3) is 0 Å². The third kappa shape index (κ3) is 5.53. The smallest absolute Gasteiger partial charge is 0.216 e. The average Bonchev–Trinajstić information content (AvgIpc) is 3.10. The van der Waals surface area contributed by atoms with E-state index >= 15 is 0 Å². The second-order valence-corrected chi connectivity index (χ2v) is 6.28. The number of aryl methyl sites for hydroxylation is 2. The molecule has 2 rings (SSSR count). The molecular formula is C17H31N5O. The lowest BCUT2D eigenvalue weighted by atomic mass is 10.1. The normalized spacial score (nSPS) is 19.3. The number of hydrogen-bond acceptors (Lipinski definition) is 4. The topological polar surface area (TPSA) is 65.7 Å². The molecule has 0 amide bonds. The van der Waals surface area contributed by atoms with Crippen molar-refractivity contribution in [3.63, 3.8) is 0 Å². The zero-order chi connectivity index (χ0) is 16.7. The molecule has 1 fully saturated rings. The van der Waals surface area contributed by atoms with Gasteiger partial charge in [0.2, 0.25) is 5.89 Å². The van der Waals surface area contributed by atoms with Crippen molar-refractivity contribution in [2.75, 3.05) is 32.7 Å². The number of rotatable bonds is 7. The molecule has 1 atom stereocenters. The van der Waals surface area contributed by atoms with Gasteiger partial charge in [0.05, 0.1) is 5.69 Å². The molecule has 6 nitrogen and oxygen atoms in total. The summed E-state index contributed by atoms with van der Waals surface area (Å²) in [4.78, 5) is 11.5. The molecule has 0 spiro atoms. The van der Waals surface area contributed by atoms with Crippen LogP contribution < -0.4 is 10.6 Å². The van der Waals surface area contributed by atoms with Crippen molar-refractivity contribution in [3.05, 3.63) is 17.3 Å². The fourth-order valence-corrected chi connectivity index (χ4v) is 2.94. The fourth-order valence-electron chi connectivity index (χ4n) is 2.94.